The highest BCUT2D eigenvalue weighted by Crippen LogP contribution is 2.37. The highest BCUT2D eigenvalue weighted by molar-refractivity contribution is 4.95. The van der Waals surface area contributed by atoms with E-state index in [1.165, 1.54) is 83.7 Å². The maximum Gasteiger partial charge on any atom is 0.0331 e. The number of hydrogen-bond donors (Lipinski definition) is 1. The first-order valence-corrected chi connectivity index (χ1v) is 9.69. The summed E-state index contributed by atoms with van der Waals surface area (Å²) in [5, 5.41) is 0. The van der Waals surface area contributed by atoms with E-state index in [9.17, 15) is 0 Å². The third-order valence-corrected chi connectivity index (χ3v) is 6.45. The third-order valence-electron chi connectivity index (χ3n) is 6.45. The van der Waals surface area contributed by atoms with Gasteiger partial charge in [0.05, 0.1) is 0 Å². The van der Waals surface area contributed by atoms with E-state index >= 15 is 0 Å². The van der Waals surface area contributed by atoms with Gasteiger partial charge in [0.1, 0.15) is 0 Å². The summed E-state index contributed by atoms with van der Waals surface area (Å²) in [6.07, 6.45) is 15.3. The van der Waals surface area contributed by atoms with Crippen LogP contribution in [-0.2, 0) is 0 Å². The molecule has 2 N–H and O–H groups in total. The Balaban J connectivity index is 1.99. The van der Waals surface area contributed by atoms with Gasteiger partial charge in [0.15, 0.2) is 0 Å². The lowest BCUT2D eigenvalue weighted by Crippen LogP contribution is -2.54. The van der Waals surface area contributed by atoms with E-state index in [-0.39, 0.29) is 0 Å². The van der Waals surface area contributed by atoms with Crippen molar-refractivity contribution in [2.75, 3.05) is 19.6 Å². The topological polar surface area (TPSA) is 29.3 Å². The molecule has 3 atom stereocenters. The highest BCUT2D eigenvalue weighted by atomic mass is 15.2. The molecular formula is C19H38N2. The zero-order valence-corrected chi connectivity index (χ0v) is 14.6. The predicted octanol–water partition coefficient (Wildman–Crippen LogP) is 4.58. The maximum atomic E-state index is 6.33. The van der Waals surface area contributed by atoms with Crippen LogP contribution in [0.25, 0.3) is 0 Å². The molecule has 2 aliphatic rings. The van der Waals surface area contributed by atoms with Crippen LogP contribution in [-0.4, -0.2) is 30.1 Å². The third kappa shape index (κ3) is 4.45. The Labute approximate surface area is 132 Å². The monoisotopic (exact) mass is 294 g/mol. The average Bonchev–Trinajstić information content (AvgIpc) is 2.86. The van der Waals surface area contributed by atoms with Gasteiger partial charge in [-0.05, 0) is 63.5 Å². The Kier molecular flexibility index (Phi) is 7.01. The van der Waals surface area contributed by atoms with Crippen LogP contribution in [0.1, 0.15) is 84.5 Å². The minimum absolute atomic E-state index is 0.338. The van der Waals surface area contributed by atoms with Crippen molar-refractivity contribution >= 4 is 0 Å². The summed E-state index contributed by atoms with van der Waals surface area (Å²) >= 11 is 0. The number of rotatable bonds is 5. The van der Waals surface area contributed by atoms with Crippen LogP contribution in [0.2, 0.25) is 0 Å². The molecule has 2 nitrogen and oxygen atoms in total. The summed E-state index contributed by atoms with van der Waals surface area (Å²) in [5.74, 6) is 1.93. The number of nitrogens with two attached hydrogens (primary N) is 1. The SMILES string of the molecule is CCCC1CCCC(CN)(N2CCCC(CC)CC2)CC1. The smallest absolute Gasteiger partial charge is 0.0331 e. The average molecular weight is 295 g/mol. The van der Waals surface area contributed by atoms with Crippen molar-refractivity contribution in [1.82, 2.24) is 4.90 Å². The molecule has 3 unspecified atom stereocenters. The van der Waals surface area contributed by atoms with Crippen LogP contribution in [0, 0.1) is 11.8 Å². The van der Waals surface area contributed by atoms with E-state index < -0.39 is 0 Å². The van der Waals surface area contributed by atoms with Crippen molar-refractivity contribution in [1.29, 1.82) is 0 Å². The molecule has 1 aliphatic carbocycles. The normalized spacial score (nSPS) is 36.1. The largest absolute Gasteiger partial charge is 0.329 e. The number of nitrogens with zero attached hydrogens (tertiary/aromatic N) is 1. The summed E-state index contributed by atoms with van der Waals surface area (Å²) < 4.78 is 0. The van der Waals surface area contributed by atoms with E-state index in [0.29, 0.717) is 5.54 Å². The highest BCUT2D eigenvalue weighted by Gasteiger charge is 2.37. The van der Waals surface area contributed by atoms with E-state index in [2.05, 4.69) is 18.7 Å². The Bertz CT molecular complexity index is 291. The Morgan fingerprint density at radius 1 is 0.952 bits per heavy atom. The fourth-order valence-electron chi connectivity index (χ4n) is 4.86. The van der Waals surface area contributed by atoms with Crippen molar-refractivity contribution in [2.24, 2.45) is 17.6 Å². The molecular weight excluding hydrogens is 256 g/mol. The molecule has 124 valence electrons. The maximum absolute atomic E-state index is 6.33. The fourth-order valence-corrected chi connectivity index (χ4v) is 4.86. The van der Waals surface area contributed by atoms with Gasteiger partial charge in [-0.25, -0.2) is 0 Å². The first-order valence-electron chi connectivity index (χ1n) is 9.69. The lowest BCUT2D eigenvalue weighted by Gasteiger charge is -2.43. The van der Waals surface area contributed by atoms with Crippen molar-refractivity contribution in [3.63, 3.8) is 0 Å². The second kappa shape index (κ2) is 8.53. The first kappa shape index (κ1) is 17.3. The zero-order chi connectivity index (χ0) is 15.1. The van der Waals surface area contributed by atoms with Crippen LogP contribution in [0.4, 0.5) is 0 Å². The predicted molar refractivity (Wildman–Crippen MR) is 92.5 cm³/mol. The van der Waals surface area contributed by atoms with Crippen molar-refractivity contribution < 1.29 is 0 Å². The van der Waals surface area contributed by atoms with E-state index in [4.69, 9.17) is 5.73 Å². The van der Waals surface area contributed by atoms with Crippen LogP contribution in [0.3, 0.4) is 0 Å². The van der Waals surface area contributed by atoms with Gasteiger partial charge in [0, 0.05) is 12.1 Å². The number of hydrogen-bond acceptors (Lipinski definition) is 2. The Hall–Kier alpha value is -0.0800. The standard InChI is InChI=1S/C19H38N2/c1-3-7-18-8-5-12-19(16-20,13-10-18)21-14-6-9-17(4-2)11-15-21/h17-18H,3-16,20H2,1-2H3. The quantitative estimate of drug-likeness (QED) is 0.752. The summed E-state index contributed by atoms with van der Waals surface area (Å²) in [6.45, 7) is 8.17. The summed E-state index contributed by atoms with van der Waals surface area (Å²) in [4.78, 5) is 2.82. The van der Waals surface area contributed by atoms with E-state index in [1.807, 2.05) is 0 Å². The van der Waals surface area contributed by atoms with Crippen molar-refractivity contribution in [2.45, 2.75) is 90.0 Å². The molecule has 0 aromatic rings. The molecule has 2 fully saturated rings. The van der Waals surface area contributed by atoms with Gasteiger partial charge >= 0.3 is 0 Å². The molecule has 0 amide bonds. The van der Waals surface area contributed by atoms with Crippen LogP contribution < -0.4 is 5.73 Å². The second-order valence-corrected chi connectivity index (χ2v) is 7.71. The van der Waals surface area contributed by atoms with Crippen molar-refractivity contribution in [3.05, 3.63) is 0 Å². The minimum atomic E-state index is 0.338. The molecule has 0 aromatic heterocycles. The Morgan fingerprint density at radius 2 is 1.76 bits per heavy atom. The van der Waals surface area contributed by atoms with Crippen LogP contribution in [0.15, 0.2) is 0 Å². The first-order chi connectivity index (χ1) is 10.2. The van der Waals surface area contributed by atoms with E-state index in [0.717, 1.165) is 18.4 Å². The van der Waals surface area contributed by atoms with Crippen LogP contribution >= 0.6 is 0 Å². The lowest BCUT2D eigenvalue weighted by molar-refractivity contribution is 0.0792. The summed E-state index contributed by atoms with van der Waals surface area (Å²) in [6, 6.07) is 0. The molecule has 0 spiro atoms. The van der Waals surface area contributed by atoms with Crippen molar-refractivity contribution in [3.8, 4) is 0 Å². The summed E-state index contributed by atoms with van der Waals surface area (Å²) in [5.41, 5.74) is 6.67. The van der Waals surface area contributed by atoms with Gasteiger partial charge in [-0.3, -0.25) is 4.90 Å². The Morgan fingerprint density at radius 3 is 2.48 bits per heavy atom. The molecule has 1 saturated carbocycles. The number of likely N-dealkylation sites (tertiary alicyclic amines) is 1. The van der Waals surface area contributed by atoms with Gasteiger partial charge in [-0.2, -0.15) is 0 Å². The molecule has 21 heavy (non-hydrogen) atoms. The van der Waals surface area contributed by atoms with Gasteiger partial charge < -0.3 is 5.73 Å². The van der Waals surface area contributed by atoms with Gasteiger partial charge in [0.2, 0.25) is 0 Å². The molecule has 0 aromatic carbocycles. The van der Waals surface area contributed by atoms with Crippen LogP contribution in [0.5, 0.6) is 0 Å². The molecule has 2 rings (SSSR count). The van der Waals surface area contributed by atoms with Gasteiger partial charge in [0.25, 0.3) is 0 Å². The molecule has 0 bridgehead atoms. The second-order valence-electron chi connectivity index (χ2n) is 7.71. The lowest BCUT2D eigenvalue weighted by atomic mass is 9.86. The summed E-state index contributed by atoms with van der Waals surface area (Å²) in [7, 11) is 0. The van der Waals surface area contributed by atoms with E-state index in [1.54, 1.807) is 0 Å². The molecule has 0 radical (unpaired) electrons. The fraction of sp³-hybridized carbons (Fsp3) is 1.00. The van der Waals surface area contributed by atoms with Gasteiger partial charge in [-0.1, -0.05) is 46.0 Å². The molecule has 2 heteroatoms. The minimum Gasteiger partial charge on any atom is -0.329 e. The molecule has 1 heterocycles. The molecule has 1 aliphatic heterocycles. The zero-order valence-electron chi connectivity index (χ0n) is 14.6. The van der Waals surface area contributed by atoms with Gasteiger partial charge in [-0.15, -0.1) is 0 Å². The molecule has 1 saturated heterocycles.